The van der Waals surface area contributed by atoms with Crippen molar-refractivity contribution in [3.63, 3.8) is 0 Å². The van der Waals surface area contributed by atoms with E-state index in [0.717, 1.165) is 5.56 Å². The fourth-order valence-corrected chi connectivity index (χ4v) is 1.19. The van der Waals surface area contributed by atoms with Crippen LogP contribution in [-0.4, -0.2) is 19.1 Å². The van der Waals surface area contributed by atoms with Gasteiger partial charge < -0.3 is 20.9 Å². The zero-order valence-corrected chi connectivity index (χ0v) is 9.40. The van der Waals surface area contributed by atoms with Crippen molar-refractivity contribution in [2.24, 2.45) is 11.5 Å². The Balaban J connectivity index is 2.95. The number of benzene rings is 1. The predicted octanol–water partition coefficient (Wildman–Crippen LogP) is 0.406. The molecule has 0 aliphatic heterocycles. The van der Waals surface area contributed by atoms with Crippen molar-refractivity contribution in [3.05, 3.63) is 23.8 Å². The highest BCUT2D eigenvalue weighted by Gasteiger charge is 2.13. The van der Waals surface area contributed by atoms with Gasteiger partial charge in [0.25, 0.3) is 5.91 Å². The van der Waals surface area contributed by atoms with Gasteiger partial charge in [0.1, 0.15) is 11.5 Å². The summed E-state index contributed by atoms with van der Waals surface area (Å²) in [6.07, 6.45) is -0.697. The molecule has 0 spiro atoms. The molecule has 0 aliphatic carbocycles. The summed E-state index contributed by atoms with van der Waals surface area (Å²) in [5, 5.41) is 0. The maximum atomic E-state index is 10.9. The van der Waals surface area contributed by atoms with E-state index in [4.69, 9.17) is 20.9 Å². The molecule has 1 atom stereocenters. The van der Waals surface area contributed by atoms with Crippen LogP contribution in [0.25, 0.3) is 0 Å². The summed E-state index contributed by atoms with van der Waals surface area (Å²) in [6.45, 7) is 1.91. The number of carbonyl (C=O) groups is 1. The van der Waals surface area contributed by atoms with Crippen LogP contribution in [0.15, 0.2) is 18.2 Å². The molecular weight excluding hydrogens is 208 g/mol. The molecule has 0 bridgehead atoms. The van der Waals surface area contributed by atoms with E-state index in [9.17, 15) is 4.79 Å². The molecule has 0 saturated carbocycles. The Bertz CT molecular complexity index is 379. The summed E-state index contributed by atoms with van der Waals surface area (Å²) < 4.78 is 10.5. The van der Waals surface area contributed by atoms with Crippen LogP contribution in [0.3, 0.4) is 0 Å². The molecule has 1 aromatic carbocycles. The first-order valence-electron chi connectivity index (χ1n) is 4.91. The van der Waals surface area contributed by atoms with E-state index in [2.05, 4.69) is 0 Å². The van der Waals surface area contributed by atoms with Gasteiger partial charge in [0.05, 0.1) is 7.11 Å². The van der Waals surface area contributed by atoms with Crippen molar-refractivity contribution in [1.82, 2.24) is 0 Å². The number of hydrogen-bond acceptors (Lipinski definition) is 4. The van der Waals surface area contributed by atoms with Gasteiger partial charge in [-0.3, -0.25) is 4.79 Å². The van der Waals surface area contributed by atoms with E-state index in [1.165, 1.54) is 0 Å². The van der Waals surface area contributed by atoms with Crippen molar-refractivity contribution >= 4 is 5.91 Å². The minimum absolute atomic E-state index is 0.324. The van der Waals surface area contributed by atoms with Crippen LogP contribution < -0.4 is 20.9 Å². The van der Waals surface area contributed by atoms with E-state index in [1.54, 1.807) is 32.2 Å². The van der Waals surface area contributed by atoms with Crippen molar-refractivity contribution in [1.29, 1.82) is 0 Å². The van der Waals surface area contributed by atoms with E-state index in [-0.39, 0.29) is 0 Å². The third-order valence-corrected chi connectivity index (χ3v) is 2.20. The molecule has 1 amide bonds. The predicted molar refractivity (Wildman–Crippen MR) is 60.2 cm³/mol. The zero-order valence-electron chi connectivity index (χ0n) is 9.40. The third-order valence-electron chi connectivity index (χ3n) is 2.20. The summed E-state index contributed by atoms with van der Waals surface area (Å²) in [4.78, 5) is 10.9. The van der Waals surface area contributed by atoms with Crippen LogP contribution in [0.5, 0.6) is 11.5 Å². The van der Waals surface area contributed by atoms with Gasteiger partial charge in [-0.2, -0.15) is 0 Å². The molecule has 0 fully saturated rings. The van der Waals surface area contributed by atoms with E-state index < -0.39 is 12.0 Å². The maximum Gasteiger partial charge on any atom is 0.258 e. The van der Waals surface area contributed by atoms with Crippen molar-refractivity contribution < 1.29 is 14.3 Å². The second-order valence-electron chi connectivity index (χ2n) is 3.34. The van der Waals surface area contributed by atoms with Crippen molar-refractivity contribution in [2.75, 3.05) is 7.11 Å². The number of nitrogens with two attached hydrogens (primary N) is 2. The Hall–Kier alpha value is -1.75. The molecule has 88 valence electrons. The highest BCUT2D eigenvalue weighted by atomic mass is 16.5. The van der Waals surface area contributed by atoms with Crippen LogP contribution in [-0.2, 0) is 11.3 Å². The van der Waals surface area contributed by atoms with Gasteiger partial charge in [0.2, 0.25) is 0 Å². The summed E-state index contributed by atoms with van der Waals surface area (Å²) >= 11 is 0. The van der Waals surface area contributed by atoms with Gasteiger partial charge in [-0.1, -0.05) is 6.07 Å². The molecule has 5 heteroatoms. The van der Waals surface area contributed by atoms with Gasteiger partial charge in [0, 0.05) is 18.2 Å². The SMILES string of the molecule is COc1ccc(CN)c(OC(C)C(N)=O)c1. The summed E-state index contributed by atoms with van der Waals surface area (Å²) in [6, 6.07) is 5.26. The Kier molecular flexibility index (Phi) is 4.13. The lowest BCUT2D eigenvalue weighted by Crippen LogP contribution is -2.31. The molecule has 4 N–H and O–H groups in total. The lowest BCUT2D eigenvalue weighted by atomic mass is 10.2. The number of ether oxygens (including phenoxy) is 2. The third kappa shape index (κ3) is 2.87. The first-order valence-corrected chi connectivity index (χ1v) is 4.91. The van der Waals surface area contributed by atoms with E-state index in [1.807, 2.05) is 0 Å². The quantitative estimate of drug-likeness (QED) is 0.758. The second-order valence-corrected chi connectivity index (χ2v) is 3.34. The Morgan fingerprint density at radius 1 is 1.50 bits per heavy atom. The number of primary amides is 1. The number of methoxy groups -OCH3 is 1. The smallest absolute Gasteiger partial charge is 0.258 e. The lowest BCUT2D eigenvalue weighted by Gasteiger charge is -2.15. The lowest BCUT2D eigenvalue weighted by molar-refractivity contribution is -0.124. The highest BCUT2D eigenvalue weighted by Crippen LogP contribution is 2.25. The molecule has 0 heterocycles. The van der Waals surface area contributed by atoms with Crippen molar-refractivity contribution in [3.8, 4) is 11.5 Å². The summed E-state index contributed by atoms with van der Waals surface area (Å²) in [7, 11) is 1.55. The molecular formula is C11H16N2O3. The summed E-state index contributed by atoms with van der Waals surface area (Å²) in [5.41, 5.74) is 11.5. The Morgan fingerprint density at radius 2 is 2.19 bits per heavy atom. The first kappa shape index (κ1) is 12.3. The molecule has 16 heavy (non-hydrogen) atoms. The number of amides is 1. The standard InChI is InChI=1S/C11H16N2O3/c1-7(11(13)14)16-10-5-9(15-2)4-3-8(10)6-12/h3-5,7H,6,12H2,1-2H3,(H2,13,14). The van der Waals surface area contributed by atoms with Crippen LogP contribution in [0.1, 0.15) is 12.5 Å². The largest absolute Gasteiger partial charge is 0.497 e. The fraction of sp³-hybridized carbons (Fsp3) is 0.364. The van der Waals surface area contributed by atoms with Crippen LogP contribution in [0.2, 0.25) is 0 Å². The molecule has 0 saturated heterocycles. The molecule has 5 nitrogen and oxygen atoms in total. The van der Waals surface area contributed by atoms with Crippen LogP contribution in [0, 0.1) is 0 Å². The Labute approximate surface area is 94.3 Å². The van der Waals surface area contributed by atoms with Gasteiger partial charge in [-0.05, 0) is 13.0 Å². The monoisotopic (exact) mass is 224 g/mol. The topological polar surface area (TPSA) is 87.6 Å². The molecule has 0 radical (unpaired) electrons. The van der Waals surface area contributed by atoms with E-state index >= 15 is 0 Å². The molecule has 0 aromatic heterocycles. The van der Waals surface area contributed by atoms with E-state index in [0.29, 0.717) is 18.0 Å². The number of rotatable bonds is 5. The van der Waals surface area contributed by atoms with Crippen LogP contribution in [0.4, 0.5) is 0 Å². The number of carbonyl (C=O) groups excluding carboxylic acids is 1. The Morgan fingerprint density at radius 3 is 2.69 bits per heavy atom. The second kappa shape index (κ2) is 5.37. The van der Waals surface area contributed by atoms with Gasteiger partial charge in [-0.15, -0.1) is 0 Å². The minimum atomic E-state index is -0.697. The first-order chi connectivity index (χ1) is 7.58. The van der Waals surface area contributed by atoms with Gasteiger partial charge >= 0.3 is 0 Å². The molecule has 1 unspecified atom stereocenters. The average Bonchev–Trinajstić information content (AvgIpc) is 2.28. The van der Waals surface area contributed by atoms with Crippen molar-refractivity contribution in [2.45, 2.75) is 19.6 Å². The maximum absolute atomic E-state index is 10.9. The van der Waals surface area contributed by atoms with Gasteiger partial charge in [0.15, 0.2) is 6.10 Å². The molecule has 1 rings (SSSR count). The summed E-state index contributed by atoms with van der Waals surface area (Å²) in [5.74, 6) is 0.641. The number of hydrogen-bond donors (Lipinski definition) is 2. The fourth-order valence-electron chi connectivity index (χ4n) is 1.19. The highest BCUT2D eigenvalue weighted by molar-refractivity contribution is 5.78. The zero-order chi connectivity index (χ0) is 12.1. The van der Waals surface area contributed by atoms with Crippen LogP contribution >= 0.6 is 0 Å². The average molecular weight is 224 g/mol. The molecule has 0 aliphatic rings. The minimum Gasteiger partial charge on any atom is -0.497 e. The molecule has 1 aromatic rings. The normalized spacial score (nSPS) is 11.9. The van der Waals surface area contributed by atoms with Gasteiger partial charge in [-0.25, -0.2) is 0 Å².